The number of hydrogen-bond acceptors (Lipinski definition) is 6. The van der Waals surface area contributed by atoms with Crippen LogP contribution in [-0.4, -0.2) is 58.4 Å². The van der Waals surface area contributed by atoms with Crippen molar-refractivity contribution in [3.05, 3.63) is 40.2 Å². The second-order valence-corrected chi connectivity index (χ2v) is 7.08. The SMILES string of the molecule is Cc1nc(CN2C(=O)CO[C@@H]3CN(C(=O)c4ccoc4)C[C@H]32)cs1. The van der Waals surface area contributed by atoms with Crippen LogP contribution in [0, 0.1) is 6.92 Å². The molecular weight excluding hydrogens is 330 g/mol. The maximum atomic E-state index is 12.5. The number of ether oxygens (including phenoxy) is 1. The summed E-state index contributed by atoms with van der Waals surface area (Å²) >= 11 is 1.57. The van der Waals surface area contributed by atoms with E-state index in [0.29, 0.717) is 25.2 Å². The molecule has 2 aromatic heterocycles. The van der Waals surface area contributed by atoms with Crippen LogP contribution in [0.3, 0.4) is 0 Å². The van der Waals surface area contributed by atoms with E-state index < -0.39 is 0 Å². The average molecular weight is 347 g/mol. The normalized spacial score (nSPS) is 23.6. The Bertz CT molecular complexity index is 757. The van der Waals surface area contributed by atoms with Crippen LogP contribution in [0.1, 0.15) is 21.1 Å². The van der Waals surface area contributed by atoms with Crippen molar-refractivity contribution < 1.29 is 18.7 Å². The molecule has 2 saturated heterocycles. The van der Waals surface area contributed by atoms with Gasteiger partial charge in [-0.3, -0.25) is 9.59 Å². The molecule has 2 aliphatic rings. The number of hydrogen-bond donors (Lipinski definition) is 0. The molecule has 4 heterocycles. The Labute approximate surface area is 142 Å². The highest BCUT2D eigenvalue weighted by Gasteiger charge is 2.44. The Balaban J connectivity index is 1.51. The fraction of sp³-hybridized carbons (Fsp3) is 0.438. The van der Waals surface area contributed by atoms with Gasteiger partial charge >= 0.3 is 0 Å². The van der Waals surface area contributed by atoms with Crippen molar-refractivity contribution >= 4 is 23.2 Å². The minimum Gasteiger partial charge on any atom is -0.472 e. The van der Waals surface area contributed by atoms with Crippen molar-refractivity contribution in [1.82, 2.24) is 14.8 Å². The molecule has 2 aliphatic heterocycles. The number of morpholine rings is 1. The largest absolute Gasteiger partial charge is 0.472 e. The Morgan fingerprint density at radius 1 is 1.46 bits per heavy atom. The molecule has 0 N–H and O–H groups in total. The summed E-state index contributed by atoms with van der Waals surface area (Å²) in [5.74, 6) is -0.154. The standard InChI is InChI=1S/C16H17N3O4S/c1-10-17-12(9-24-10)4-19-13-5-18(6-14(13)23-8-15(19)20)16(21)11-2-3-22-7-11/h2-3,7,9,13-14H,4-6,8H2,1H3/t13-,14-/m1/s1. The van der Waals surface area contributed by atoms with Crippen LogP contribution in [0.4, 0.5) is 0 Å². The molecule has 2 atom stereocenters. The van der Waals surface area contributed by atoms with Crippen molar-refractivity contribution in [3.63, 3.8) is 0 Å². The number of carbonyl (C=O) groups excluding carboxylic acids is 2. The minimum absolute atomic E-state index is 0.0536. The van der Waals surface area contributed by atoms with Crippen molar-refractivity contribution in [3.8, 4) is 0 Å². The van der Waals surface area contributed by atoms with Gasteiger partial charge in [0.2, 0.25) is 5.91 Å². The molecule has 126 valence electrons. The number of aryl methyl sites for hydroxylation is 1. The summed E-state index contributed by atoms with van der Waals surface area (Å²) in [6, 6.07) is 1.51. The lowest BCUT2D eigenvalue weighted by Crippen LogP contribution is -2.53. The van der Waals surface area contributed by atoms with Gasteiger partial charge in [0.25, 0.3) is 5.91 Å². The van der Waals surface area contributed by atoms with Crippen molar-refractivity contribution in [2.75, 3.05) is 19.7 Å². The number of fused-ring (bicyclic) bond motifs is 1. The molecule has 7 nitrogen and oxygen atoms in total. The Kier molecular flexibility index (Phi) is 3.85. The predicted molar refractivity (Wildman–Crippen MR) is 85.5 cm³/mol. The number of thiazole rings is 1. The van der Waals surface area contributed by atoms with Gasteiger partial charge in [0.15, 0.2) is 0 Å². The van der Waals surface area contributed by atoms with E-state index in [1.54, 1.807) is 27.2 Å². The summed E-state index contributed by atoms with van der Waals surface area (Å²) in [5, 5.41) is 2.95. The van der Waals surface area contributed by atoms with Crippen LogP contribution in [0.15, 0.2) is 28.4 Å². The van der Waals surface area contributed by atoms with Gasteiger partial charge in [0, 0.05) is 18.5 Å². The Hall–Kier alpha value is -2.19. The summed E-state index contributed by atoms with van der Waals surface area (Å²) in [6.07, 6.45) is 2.76. The van der Waals surface area contributed by atoms with Gasteiger partial charge in [-0.05, 0) is 13.0 Å². The van der Waals surface area contributed by atoms with E-state index in [-0.39, 0.29) is 30.6 Å². The van der Waals surface area contributed by atoms with Gasteiger partial charge < -0.3 is 19.0 Å². The lowest BCUT2D eigenvalue weighted by Gasteiger charge is -2.36. The minimum atomic E-state index is -0.154. The number of nitrogens with zero attached hydrogens (tertiary/aromatic N) is 3. The van der Waals surface area contributed by atoms with Crippen molar-refractivity contribution in [1.29, 1.82) is 0 Å². The van der Waals surface area contributed by atoms with E-state index >= 15 is 0 Å². The molecule has 2 amide bonds. The fourth-order valence-corrected chi connectivity index (χ4v) is 3.87. The number of rotatable bonds is 3. The molecule has 4 rings (SSSR count). The summed E-state index contributed by atoms with van der Waals surface area (Å²) in [5.41, 5.74) is 1.40. The van der Waals surface area contributed by atoms with E-state index in [1.165, 1.54) is 12.5 Å². The van der Waals surface area contributed by atoms with Gasteiger partial charge in [0.05, 0.1) is 41.2 Å². The molecule has 0 aliphatic carbocycles. The fourth-order valence-electron chi connectivity index (χ4n) is 3.26. The summed E-state index contributed by atoms with van der Waals surface area (Å²) in [6.45, 7) is 3.40. The molecule has 8 heteroatoms. The molecule has 2 aromatic rings. The summed E-state index contributed by atoms with van der Waals surface area (Å²) < 4.78 is 10.6. The number of aromatic nitrogens is 1. The monoisotopic (exact) mass is 347 g/mol. The van der Waals surface area contributed by atoms with E-state index in [4.69, 9.17) is 9.15 Å². The molecule has 0 bridgehead atoms. The van der Waals surface area contributed by atoms with Crippen LogP contribution >= 0.6 is 11.3 Å². The molecular formula is C16H17N3O4S. The number of furan rings is 1. The highest BCUT2D eigenvalue weighted by Crippen LogP contribution is 2.26. The second-order valence-electron chi connectivity index (χ2n) is 6.02. The first-order valence-corrected chi connectivity index (χ1v) is 8.63. The zero-order valence-electron chi connectivity index (χ0n) is 13.2. The predicted octanol–water partition coefficient (Wildman–Crippen LogP) is 1.30. The van der Waals surface area contributed by atoms with Crippen molar-refractivity contribution in [2.45, 2.75) is 25.6 Å². The van der Waals surface area contributed by atoms with Crippen LogP contribution in [0.2, 0.25) is 0 Å². The highest BCUT2D eigenvalue weighted by atomic mass is 32.1. The van der Waals surface area contributed by atoms with Gasteiger partial charge in [-0.15, -0.1) is 11.3 Å². The molecule has 24 heavy (non-hydrogen) atoms. The summed E-state index contributed by atoms with van der Waals surface area (Å²) in [4.78, 5) is 32.8. The Morgan fingerprint density at radius 2 is 2.33 bits per heavy atom. The van der Waals surface area contributed by atoms with Crippen LogP contribution in [0.5, 0.6) is 0 Å². The third kappa shape index (κ3) is 2.71. The highest BCUT2D eigenvalue weighted by molar-refractivity contribution is 7.09. The number of carbonyl (C=O) groups is 2. The zero-order valence-corrected chi connectivity index (χ0v) is 14.0. The smallest absolute Gasteiger partial charge is 0.257 e. The van der Waals surface area contributed by atoms with Gasteiger partial charge in [-0.2, -0.15) is 0 Å². The van der Waals surface area contributed by atoms with Crippen LogP contribution in [-0.2, 0) is 16.1 Å². The molecule has 0 spiro atoms. The molecule has 0 aromatic carbocycles. The zero-order chi connectivity index (χ0) is 16.7. The van der Waals surface area contributed by atoms with Gasteiger partial charge in [-0.1, -0.05) is 0 Å². The molecule has 0 saturated carbocycles. The molecule has 0 unspecified atom stereocenters. The third-order valence-electron chi connectivity index (χ3n) is 4.43. The number of likely N-dealkylation sites (tertiary alicyclic amines) is 1. The van der Waals surface area contributed by atoms with Gasteiger partial charge in [0.1, 0.15) is 12.9 Å². The first-order valence-electron chi connectivity index (χ1n) is 7.75. The topological polar surface area (TPSA) is 75.9 Å². The summed E-state index contributed by atoms with van der Waals surface area (Å²) in [7, 11) is 0. The van der Waals surface area contributed by atoms with E-state index in [9.17, 15) is 9.59 Å². The lowest BCUT2D eigenvalue weighted by atomic mass is 10.1. The van der Waals surface area contributed by atoms with Crippen molar-refractivity contribution in [2.24, 2.45) is 0 Å². The lowest BCUT2D eigenvalue weighted by molar-refractivity contribution is -0.154. The second kappa shape index (κ2) is 6.03. The van der Waals surface area contributed by atoms with Gasteiger partial charge in [-0.25, -0.2) is 4.98 Å². The maximum Gasteiger partial charge on any atom is 0.257 e. The van der Waals surface area contributed by atoms with E-state index in [0.717, 1.165) is 10.7 Å². The number of amides is 2. The maximum absolute atomic E-state index is 12.5. The van der Waals surface area contributed by atoms with E-state index in [1.807, 2.05) is 12.3 Å². The average Bonchev–Trinajstić information content (AvgIpc) is 3.30. The Morgan fingerprint density at radius 3 is 3.04 bits per heavy atom. The first kappa shape index (κ1) is 15.3. The molecule has 2 fully saturated rings. The van der Waals surface area contributed by atoms with Crippen LogP contribution < -0.4 is 0 Å². The molecule has 0 radical (unpaired) electrons. The van der Waals surface area contributed by atoms with E-state index in [2.05, 4.69) is 4.98 Å². The van der Waals surface area contributed by atoms with Crippen LogP contribution in [0.25, 0.3) is 0 Å². The quantitative estimate of drug-likeness (QED) is 0.836. The first-order chi connectivity index (χ1) is 11.6. The third-order valence-corrected chi connectivity index (χ3v) is 5.26.